The zero-order chi connectivity index (χ0) is 12.9. The molecule has 0 atom stereocenters. The van der Waals surface area contributed by atoms with Crippen LogP contribution in [0, 0.1) is 0 Å². The molecular weight excluding hydrogens is 456 g/mol. The minimum Gasteiger partial charge on any atom is -0.0622 e. The topological polar surface area (TPSA) is 0 Å². The molecule has 3 rings (SSSR count). The largest absolute Gasteiger partial charge is 0.0622 e. The first kappa shape index (κ1) is 15.4. The van der Waals surface area contributed by atoms with E-state index < -0.39 is 7.92 Å². The normalized spacial score (nSPS) is 10.1. The molecule has 2 heteroatoms. The van der Waals surface area contributed by atoms with Crippen LogP contribution in [0.25, 0.3) is 0 Å². The summed E-state index contributed by atoms with van der Waals surface area (Å²) in [6, 6.07) is 32.3. The monoisotopic (exact) mass is 471 g/mol. The molecule has 0 bridgehead atoms. The van der Waals surface area contributed by atoms with Gasteiger partial charge in [0, 0.05) is 26.2 Å². The Balaban J connectivity index is 0.00000147. The molecule has 0 spiro atoms. The Bertz CT molecular complexity index is 529. The second-order valence-corrected chi connectivity index (χ2v) is 6.56. The maximum atomic E-state index is 2.23. The number of hydrogen-bond acceptors (Lipinski definition) is 0. The SMILES string of the molecule is [Bi].c1ccc(P(c2ccccc2)c2ccccc2)cc1. The number of benzene rings is 3. The summed E-state index contributed by atoms with van der Waals surface area (Å²) in [5, 5.41) is 4.19. The third kappa shape index (κ3) is 3.54. The average molecular weight is 471 g/mol. The quantitative estimate of drug-likeness (QED) is 0.407. The molecule has 3 aromatic carbocycles. The second kappa shape index (κ2) is 7.68. The molecule has 0 aliphatic heterocycles. The minimum atomic E-state index is -0.446. The van der Waals surface area contributed by atoms with Gasteiger partial charge in [-0.05, 0) is 23.8 Å². The van der Waals surface area contributed by atoms with Crippen molar-refractivity contribution in [3.05, 3.63) is 91.0 Å². The Morgan fingerprint density at radius 1 is 0.400 bits per heavy atom. The van der Waals surface area contributed by atoms with Crippen LogP contribution in [0.3, 0.4) is 0 Å². The Hall–Kier alpha value is -1.03. The van der Waals surface area contributed by atoms with Gasteiger partial charge < -0.3 is 0 Å². The summed E-state index contributed by atoms with van der Waals surface area (Å²) < 4.78 is 0. The van der Waals surface area contributed by atoms with Gasteiger partial charge in [-0.3, -0.25) is 0 Å². The molecule has 0 N–H and O–H groups in total. The van der Waals surface area contributed by atoms with Crippen molar-refractivity contribution < 1.29 is 0 Å². The maximum absolute atomic E-state index is 2.23. The van der Waals surface area contributed by atoms with Crippen LogP contribution in [0.15, 0.2) is 91.0 Å². The number of rotatable bonds is 3. The van der Waals surface area contributed by atoms with Crippen molar-refractivity contribution in [1.82, 2.24) is 0 Å². The van der Waals surface area contributed by atoms with Crippen LogP contribution in [0.1, 0.15) is 0 Å². The average Bonchev–Trinajstić information content (AvgIpc) is 2.51. The molecule has 0 amide bonds. The first-order valence-electron chi connectivity index (χ1n) is 6.40. The van der Waals surface area contributed by atoms with Gasteiger partial charge in [-0.15, -0.1) is 0 Å². The second-order valence-electron chi connectivity index (χ2n) is 4.34. The van der Waals surface area contributed by atoms with Crippen molar-refractivity contribution in [2.45, 2.75) is 0 Å². The molecule has 0 heterocycles. The summed E-state index contributed by atoms with van der Waals surface area (Å²) in [7, 11) is -0.446. The van der Waals surface area contributed by atoms with Gasteiger partial charge in [-0.2, -0.15) is 0 Å². The van der Waals surface area contributed by atoms with Crippen LogP contribution in [0.2, 0.25) is 0 Å². The smallest absolute Gasteiger partial charge is 0 e. The van der Waals surface area contributed by atoms with Crippen LogP contribution in [-0.4, -0.2) is 26.2 Å². The van der Waals surface area contributed by atoms with E-state index in [1.807, 2.05) is 0 Å². The zero-order valence-corrected chi connectivity index (χ0v) is 15.4. The van der Waals surface area contributed by atoms with Crippen molar-refractivity contribution in [1.29, 1.82) is 0 Å². The molecule has 0 aromatic heterocycles. The molecule has 20 heavy (non-hydrogen) atoms. The summed E-state index contributed by atoms with van der Waals surface area (Å²) in [4.78, 5) is 0. The summed E-state index contributed by atoms with van der Waals surface area (Å²) in [6.07, 6.45) is 0. The third-order valence-corrected chi connectivity index (χ3v) is 5.49. The Morgan fingerprint density at radius 2 is 0.650 bits per heavy atom. The summed E-state index contributed by atoms with van der Waals surface area (Å²) in [6.45, 7) is 0. The summed E-state index contributed by atoms with van der Waals surface area (Å²) >= 11 is 0. The van der Waals surface area contributed by atoms with Gasteiger partial charge in [0.25, 0.3) is 0 Å². The van der Waals surface area contributed by atoms with Gasteiger partial charge in [-0.25, -0.2) is 0 Å². The Labute approximate surface area is 140 Å². The molecule has 0 aliphatic carbocycles. The van der Waals surface area contributed by atoms with Crippen molar-refractivity contribution in [3.63, 3.8) is 0 Å². The van der Waals surface area contributed by atoms with Crippen LogP contribution in [0.5, 0.6) is 0 Å². The van der Waals surface area contributed by atoms with Gasteiger partial charge in [0.1, 0.15) is 0 Å². The molecule has 97 valence electrons. The van der Waals surface area contributed by atoms with Gasteiger partial charge in [0.2, 0.25) is 0 Å². The molecule has 3 radical (unpaired) electrons. The van der Waals surface area contributed by atoms with Crippen LogP contribution in [-0.2, 0) is 0 Å². The Morgan fingerprint density at radius 3 is 0.900 bits per heavy atom. The molecule has 0 unspecified atom stereocenters. The van der Waals surface area contributed by atoms with Crippen LogP contribution in [0.4, 0.5) is 0 Å². The van der Waals surface area contributed by atoms with Crippen LogP contribution >= 0.6 is 7.92 Å². The van der Waals surface area contributed by atoms with E-state index in [1.54, 1.807) is 0 Å². The Kier molecular flexibility index (Phi) is 5.90. The molecule has 0 fully saturated rings. The van der Waals surface area contributed by atoms with E-state index in [9.17, 15) is 0 Å². The molecule has 0 saturated carbocycles. The third-order valence-electron chi connectivity index (χ3n) is 3.04. The van der Waals surface area contributed by atoms with E-state index in [0.717, 1.165) is 0 Å². The molecule has 0 nitrogen and oxygen atoms in total. The van der Waals surface area contributed by atoms with Crippen LogP contribution < -0.4 is 15.9 Å². The van der Waals surface area contributed by atoms with Crippen molar-refractivity contribution in [3.8, 4) is 0 Å². The standard InChI is InChI=1S/C18H15P.Bi/c1-4-10-16(11-5-1)19(17-12-6-2-7-13-17)18-14-8-3-9-15-18;/h1-15H;. The van der Waals surface area contributed by atoms with E-state index in [1.165, 1.54) is 15.9 Å². The predicted molar refractivity (Wildman–Crippen MR) is 90.9 cm³/mol. The van der Waals surface area contributed by atoms with E-state index >= 15 is 0 Å². The van der Waals surface area contributed by atoms with Crippen molar-refractivity contribution >= 4 is 50.0 Å². The van der Waals surface area contributed by atoms with E-state index in [2.05, 4.69) is 91.0 Å². The van der Waals surface area contributed by atoms with Gasteiger partial charge >= 0.3 is 0 Å². The summed E-state index contributed by atoms with van der Waals surface area (Å²) in [5.74, 6) is 0. The van der Waals surface area contributed by atoms with E-state index in [4.69, 9.17) is 0 Å². The first-order valence-corrected chi connectivity index (χ1v) is 7.74. The summed E-state index contributed by atoms with van der Waals surface area (Å²) in [5.41, 5.74) is 0. The zero-order valence-electron chi connectivity index (χ0n) is 11.1. The van der Waals surface area contributed by atoms with E-state index in [-0.39, 0.29) is 26.2 Å². The number of hydrogen-bond donors (Lipinski definition) is 0. The fourth-order valence-corrected chi connectivity index (χ4v) is 4.48. The molecule has 3 aromatic rings. The van der Waals surface area contributed by atoms with E-state index in [0.29, 0.717) is 0 Å². The fraction of sp³-hybridized carbons (Fsp3) is 0. The van der Waals surface area contributed by atoms with Gasteiger partial charge in [0.05, 0.1) is 0 Å². The van der Waals surface area contributed by atoms with Gasteiger partial charge in [0.15, 0.2) is 0 Å². The fourth-order valence-electron chi connectivity index (χ4n) is 2.18. The first-order chi connectivity index (χ1) is 9.45. The van der Waals surface area contributed by atoms with Crippen molar-refractivity contribution in [2.24, 2.45) is 0 Å². The molecule has 0 saturated heterocycles. The van der Waals surface area contributed by atoms with Crippen molar-refractivity contribution in [2.75, 3.05) is 0 Å². The van der Waals surface area contributed by atoms with Gasteiger partial charge in [-0.1, -0.05) is 91.0 Å². The molecular formula is C18H15BiP. The predicted octanol–water partition coefficient (Wildman–Crippen LogP) is 3.06. The minimum absolute atomic E-state index is 0. The molecule has 0 aliphatic rings. The maximum Gasteiger partial charge on any atom is 0 e.